The molecule has 0 amide bonds. The number of aromatic nitrogens is 2. The van der Waals surface area contributed by atoms with Gasteiger partial charge in [-0.3, -0.25) is 14.3 Å². The molecule has 5 nitrogen and oxygen atoms in total. The van der Waals surface area contributed by atoms with Crippen LogP contribution in [-0.2, 0) is 13.0 Å². The van der Waals surface area contributed by atoms with E-state index in [1.807, 2.05) is 39.8 Å². The van der Waals surface area contributed by atoms with Crippen LogP contribution >= 0.6 is 11.6 Å². The Morgan fingerprint density at radius 1 is 1.30 bits per heavy atom. The summed E-state index contributed by atoms with van der Waals surface area (Å²) in [6, 6.07) is 0. The Bertz CT molecular complexity index is 573. The average Bonchev–Trinajstić information content (AvgIpc) is 2.28. The van der Waals surface area contributed by atoms with E-state index in [1.165, 1.54) is 4.57 Å². The molecule has 0 unspecified atom stereocenters. The zero-order chi connectivity index (χ0) is 15.5. The van der Waals surface area contributed by atoms with Gasteiger partial charge in [0.2, 0.25) is 0 Å². The van der Waals surface area contributed by atoms with Crippen LogP contribution in [-0.4, -0.2) is 35.1 Å². The van der Waals surface area contributed by atoms with Crippen molar-refractivity contribution < 1.29 is 0 Å². The lowest BCUT2D eigenvalue weighted by Gasteiger charge is -2.28. The summed E-state index contributed by atoms with van der Waals surface area (Å²) in [5, 5.41) is 0.170. The molecule has 0 radical (unpaired) electrons. The maximum absolute atomic E-state index is 12.4. The third kappa shape index (κ3) is 4.21. The van der Waals surface area contributed by atoms with E-state index in [4.69, 9.17) is 11.6 Å². The highest BCUT2D eigenvalue weighted by atomic mass is 35.5. The predicted molar refractivity (Wildman–Crippen MR) is 82.7 cm³/mol. The molecule has 1 N–H and O–H groups in total. The summed E-state index contributed by atoms with van der Waals surface area (Å²) in [4.78, 5) is 29.0. The number of aromatic amines is 1. The Morgan fingerprint density at radius 2 is 1.90 bits per heavy atom. The molecule has 0 bridgehead atoms. The second-order valence-corrected chi connectivity index (χ2v) is 6.64. The summed E-state index contributed by atoms with van der Waals surface area (Å²) in [5.41, 5.74) is -0.397. The molecule has 1 rings (SSSR count). The molecule has 0 fully saturated rings. The van der Waals surface area contributed by atoms with Gasteiger partial charge in [-0.15, -0.1) is 0 Å². The first-order valence-corrected chi connectivity index (χ1v) is 7.22. The maximum atomic E-state index is 12.4. The lowest BCUT2D eigenvalue weighted by molar-refractivity contribution is 0.206. The molecule has 1 heterocycles. The Morgan fingerprint density at radius 3 is 2.40 bits per heavy atom. The number of rotatable bonds is 6. The number of hydrogen-bond donors (Lipinski definition) is 1. The minimum Gasteiger partial charge on any atom is -0.309 e. The number of H-pyrrole nitrogens is 1. The molecular weight excluding hydrogens is 278 g/mol. The number of nitrogens with one attached hydrogen (secondary N) is 1. The van der Waals surface area contributed by atoms with Crippen LogP contribution in [0.25, 0.3) is 0 Å². The molecule has 0 aliphatic carbocycles. The standard InChI is InChI=1S/C14H24ClN3O2/c1-6-7-10-11(15)16-13(20)18(12(10)19)9-14(2,3)8-17(4)5/h6-9H2,1-5H3,(H,16,20). The molecule has 0 atom stereocenters. The van der Waals surface area contributed by atoms with Gasteiger partial charge in [-0.25, -0.2) is 4.79 Å². The molecule has 1 aromatic heterocycles. The summed E-state index contributed by atoms with van der Waals surface area (Å²) >= 11 is 5.96. The SMILES string of the molecule is CCCc1c(Cl)[nH]c(=O)n(CC(C)(C)CN(C)C)c1=O. The quantitative estimate of drug-likeness (QED) is 0.814. The first-order chi connectivity index (χ1) is 9.18. The van der Waals surface area contributed by atoms with Gasteiger partial charge < -0.3 is 4.90 Å². The monoisotopic (exact) mass is 301 g/mol. The van der Waals surface area contributed by atoms with E-state index in [9.17, 15) is 9.59 Å². The molecular formula is C14H24ClN3O2. The highest BCUT2D eigenvalue weighted by Gasteiger charge is 2.23. The van der Waals surface area contributed by atoms with Crippen molar-refractivity contribution in [1.82, 2.24) is 14.5 Å². The molecule has 0 spiro atoms. The molecule has 0 aliphatic rings. The first kappa shape index (κ1) is 17.0. The van der Waals surface area contributed by atoms with Crippen molar-refractivity contribution in [2.75, 3.05) is 20.6 Å². The van der Waals surface area contributed by atoms with Gasteiger partial charge >= 0.3 is 5.69 Å². The highest BCUT2D eigenvalue weighted by Crippen LogP contribution is 2.18. The highest BCUT2D eigenvalue weighted by molar-refractivity contribution is 6.30. The smallest absolute Gasteiger partial charge is 0.309 e. The lowest BCUT2D eigenvalue weighted by atomic mass is 9.93. The van der Waals surface area contributed by atoms with E-state index in [0.29, 0.717) is 18.5 Å². The van der Waals surface area contributed by atoms with Crippen molar-refractivity contribution in [2.45, 2.75) is 40.2 Å². The van der Waals surface area contributed by atoms with Crippen LogP contribution in [0, 0.1) is 5.41 Å². The van der Waals surface area contributed by atoms with E-state index in [1.54, 1.807) is 0 Å². The van der Waals surface area contributed by atoms with Gasteiger partial charge in [-0.1, -0.05) is 38.8 Å². The minimum atomic E-state index is -0.438. The first-order valence-electron chi connectivity index (χ1n) is 6.84. The largest absolute Gasteiger partial charge is 0.329 e. The van der Waals surface area contributed by atoms with Gasteiger partial charge in [0, 0.05) is 13.1 Å². The van der Waals surface area contributed by atoms with Gasteiger partial charge in [0.1, 0.15) is 5.15 Å². The minimum absolute atomic E-state index is 0.170. The van der Waals surface area contributed by atoms with Crippen molar-refractivity contribution in [2.24, 2.45) is 5.41 Å². The molecule has 0 saturated carbocycles. The summed E-state index contributed by atoms with van der Waals surface area (Å²) in [5.74, 6) is 0. The fourth-order valence-corrected chi connectivity index (χ4v) is 2.79. The molecule has 0 aliphatic heterocycles. The summed E-state index contributed by atoms with van der Waals surface area (Å²) < 4.78 is 1.26. The van der Waals surface area contributed by atoms with E-state index in [-0.39, 0.29) is 16.1 Å². The molecule has 0 aromatic carbocycles. The van der Waals surface area contributed by atoms with Crippen LogP contribution in [0.2, 0.25) is 5.15 Å². The fraction of sp³-hybridized carbons (Fsp3) is 0.714. The van der Waals surface area contributed by atoms with E-state index in [0.717, 1.165) is 13.0 Å². The molecule has 20 heavy (non-hydrogen) atoms. The van der Waals surface area contributed by atoms with Crippen LogP contribution in [0.15, 0.2) is 9.59 Å². The summed E-state index contributed by atoms with van der Waals surface area (Å²) in [7, 11) is 3.94. The third-order valence-electron chi connectivity index (χ3n) is 3.06. The maximum Gasteiger partial charge on any atom is 0.329 e. The summed E-state index contributed by atoms with van der Waals surface area (Å²) in [6.07, 6.45) is 1.38. The molecule has 6 heteroatoms. The van der Waals surface area contributed by atoms with Crippen molar-refractivity contribution >= 4 is 11.6 Å². The zero-order valence-electron chi connectivity index (χ0n) is 12.9. The van der Waals surface area contributed by atoms with Crippen molar-refractivity contribution in [3.8, 4) is 0 Å². The Labute approximate surface area is 124 Å². The zero-order valence-corrected chi connectivity index (χ0v) is 13.7. The van der Waals surface area contributed by atoms with Gasteiger partial charge in [-0.2, -0.15) is 0 Å². The lowest BCUT2D eigenvalue weighted by Crippen LogP contribution is -2.43. The number of hydrogen-bond acceptors (Lipinski definition) is 3. The van der Waals surface area contributed by atoms with Gasteiger partial charge in [0.05, 0.1) is 5.56 Å². The van der Waals surface area contributed by atoms with Crippen LogP contribution in [0.4, 0.5) is 0 Å². The van der Waals surface area contributed by atoms with E-state index >= 15 is 0 Å². The van der Waals surface area contributed by atoms with Crippen LogP contribution < -0.4 is 11.2 Å². The van der Waals surface area contributed by atoms with Crippen molar-refractivity contribution in [3.05, 3.63) is 31.6 Å². The Balaban J connectivity index is 3.22. The van der Waals surface area contributed by atoms with Gasteiger partial charge in [-0.05, 0) is 25.9 Å². The van der Waals surface area contributed by atoms with Crippen molar-refractivity contribution in [3.63, 3.8) is 0 Å². The summed E-state index contributed by atoms with van der Waals surface area (Å²) in [6.45, 7) is 7.19. The number of nitrogens with zero attached hydrogens (tertiary/aromatic N) is 2. The Kier molecular flexibility index (Phi) is 5.59. The Hall–Kier alpha value is -1.07. The molecule has 0 saturated heterocycles. The second-order valence-electron chi connectivity index (χ2n) is 6.27. The topological polar surface area (TPSA) is 58.1 Å². The molecule has 114 valence electrons. The van der Waals surface area contributed by atoms with E-state index in [2.05, 4.69) is 4.98 Å². The normalized spacial score (nSPS) is 12.2. The van der Waals surface area contributed by atoms with Gasteiger partial charge in [0.25, 0.3) is 5.56 Å². The van der Waals surface area contributed by atoms with E-state index < -0.39 is 5.69 Å². The number of halogens is 1. The van der Waals surface area contributed by atoms with Crippen molar-refractivity contribution in [1.29, 1.82) is 0 Å². The average molecular weight is 302 g/mol. The second kappa shape index (κ2) is 6.59. The predicted octanol–water partition coefficient (Wildman–Crippen LogP) is 1.73. The van der Waals surface area contributed by atoms with Gasteiger partial charge in [0.15, 0.2) is 0 Å². The van der Waals surface area contributed by atoms with Crippen LogP contribution in [0.5, 0.6) is 0 Å². The third-order valence-corrected chi connectivity index (χ3v) is 3.38. The van der Waals surface area contributed by atoms with Crippen LogP contribution in [0.1, 0.15) is 32.8 Å². The fourth-order valence-electron chi connectivity index (χ4n) is 2.53. The van der Waals surface area contributed by atoms with Crippen LogP contribution in [0.3, 0.4) is 0 Å². The molecule has 1 aromatic rings.